The highest BCUT2D eigenvalue weighted by atomic mass is 35.5. The highest BCUT2D eigenvalue weighted by Gasteiger charge is 2.35. The molecule has 19 heavy (non-hydrogen) atoms. The van der Waals surface area contributed by atoms with Gasteiger partial charge >= 0.3 is 0 Å². The van der Waals surface area contributed by atoms with Gasteiger partial charge in [-0.05, 0) is 25.0 Å². The number of amides is 1. The van der Waals surface area contributed by atoms with Crippen molar-refractivity contribution >= 4 is 34.8 Å². The fourth-order valence-corrected chi connectivity index (χ4v) is 2.27. The summed E-state index contributed by atoms with van der Waals surface area (Å²) in [7, 11) is 0. The van der Waals surface area contributed by atoms with Crippen LogP contribution in [0.5, 0.6) is 0 Å². The number of rotatable bonds is 5. The summed E-state index contributed by atoms with van der Waals surface area (Å²) in [6.07, 6.45) is 1.83. The maximum atomic E-state index is 12.4. The van der Waals surface area contributed by atoms with Crippen molar-refractivity contribution in [1.29, 1.82) is 0 Å². The van der Waals surface area contributed by atoms with E-state index in [2.05, 4.69) is 0 Å². The summed E-state index contributed by atoms with van der Waals surface area (Å²) in [5.41, 5.74) is -0.205. The predicted molar refractivity (Wildman–Crippen MR) is 72.9 cm³/mol. The highest BCUT2D eigenvalue weighted by Crippen LogP contribution is 2.31. The molecule has 1 aromatic rings. The number of halogens is 2. The molecular weight excluding hydrogens is 291 g/mol. The molecule has 0 heterocycles. The lowest BCUT2D eigenvalue weighted by Crippen LogP contribution is -2.35. The average molecular weight is 303 g/mol. The van der Waals surface area contributed by atoms with E-state index in [0.717, 1.165) is 12.8 Å². The van der Waals surface area contributed by atoms with E-state index in [4.69, 9.17) is 23.2 Å². The van der Waals surface area contributed by atoms with Gasteiger partial charge in [0.2, 0.25) is 0 Å². The summed E-state index contributed by atoms with van der Waals surface area (Å²) in [6, 6.07) is 4.14. The molecule has 102 valence electrons. The van der Waals surface area contributed by atoms with Gasteiger partial charge in [-0.1, -0.05) is 11.6 Å². The number of hydrogen-bond acceptors (Lipinski definition) is 3. The molecule has 0 N–H and O–H groups in total. The molecule has 0 aliphatic heterocycles. The fraction of sp³-hybridized carbons (Fsp3) is 0.417. The molecule has 1 fully saturated rings. The molecule has 2 rings (SSSR count). The van der Waals surface area contributed by atoms with Crippen molar-refractivity contribution in [3.05, 3.63) is 38.9 Å². The van der Waals surface area contributed by atoms with Crippen LogP contribution in [0.15, 0.2) is 18.2 Å². The van der Waals surface area contributed by atoms with Gasteiger partial charge in [-0.15, -0.1) is 11.6 Å². The molecule has 0 atom stereocenters. The number of nitrogens with zero attached hydrogens (tertiary/aromatic N) is 2. The first-order valence-corrected chi connectivity index (χ1v) is 6.76. The molecule has 1 aliphatic rings. The van der Waals surface area contributed by atoms with Crippen LogP contribution in [-0.4, -0.2) is 34.2 Å². The van der Waals surface area contributed by atoms with Gasteiger partial charge in [0, 0.05) is 29.6 Å². The second-order valence-electron chi connectivity index (χ2n) is 4.34. The number of nitro groups is 1. The Morgan fingerprint density at radius 3 is 2.68 bits per heavy atom. The van der Waals surface area contributed by atoms with Crippen LogP contribution in [-0.2, 0) is 0 Å². The standard InChI is InChI=1S/C12H12Cl2N2O3/c13-5-6-15(9-2-3-9)12(17)10-7-8(14)1-4-11(10)16(18)19/h1,4,7,9H,2-3,5-6H2. The Hall–Kier alpha value is -1.33. The Labute approximate surface area is 120 Å². The number of benzene rings is 1. The molecule has 0 radical (unpaired) electrons. The van der Waals surface area contributed by atoms with Gasteiger partial charge in [0.25, 0.3) is 11.6 Å². The van der Waals surface area contributed by atoms with E-state index in [1.807, 2.05) is 0 Å². The van der Waals surface area contributed by atoms with Crippen molar-refractivity contribution in [2.45, 2.75) is 18.9 Å². The lowest BCUT2D eigenvalue weighted by Gasteiger charge is -2.21. The Morgan fingerprint density at radius 2 is 2.16 bits per heavy atom. The first kappa shape index (κ1) is 14.1. The van der Waals surface area contributed by atoms with Gasteiger partial charge in [-0.3, -0.25) is 14.9 Å². The fourth-order valence-electron chi connectivity index (χ4n) is 1.92. The quantitative estimate of drug-likeness (QED) is 0.477. The Balaban J connectivity index is 2.35. The summed E-state index contributed by atoms with van der Waals surface area (Å²) in [4.78, 5) is 24.4. The summed E-state index contributed by atoms with van der Waals surface area (Å²) in [5.74, 6) is -0.0753. The summed E-state index contributed by atoms with van der Waals surface area (Å²) < 4.78 is 0. The van der Waals surface area contributed by atoms with Crippen LogP contribution in [0.2, 0.25) is 5.02 Å². The number of hydrogen-bond donors (Lipinski definition) is 0. The van der Waals surface area contributed by atoms with Crippen LogP contribution in [0, 0.1) is 10.1 Å². The molecule has 0 unspecified atom stereocenters. The predicted octanol–water partition coefficient (Wildman–Crippen LogP) is 3.09. The number of carbonyl (C=O) groups is 1. The summed E-state index contributed by atoms with van der Waals surface area (Å²) in [5, 5.41) is 11.3. The van der Waals surface area contributed by atoms with Gasteiger partial charge < -0.3 is 4.90 Å². The van der Waals surface area contributed by atoms with Crippen LogP contribution in [0.3, 0.4) is 0 Å². The van der Waals surface area contributed by atoms with E-state index < -0.39 is 4.92 Å². The lowest BCUT2D eigenvalue weighted by molar-refractivity contribution is -0.385. The highest BCUT2D eigenvalue weighted by molar-refractivity contribution is 6.31. The van der Waals surface area contributed by atoms with Gasteiger partial charge in [-0.2, -0.15) is 0 Å². The molecule has 1 saturated carbocycles. The zero-order chi connectivity index (χ0) is 14.0. The topological polar surface area (TPSA) is 63.4 Å². The Morgan fingerprint density at radius 1 is 1.47 bits per heavy atom. The second-order valence-corrected chi connectivity index (χ2v) is 5.15. The van der Waals surface area contributed by atoms with Crippen LogP contribution in [0.1, 0.15) is 23.2 Å². The molecule has 0 spiro atoms. The maximum Gasteiger partial charge on any atom is 0.282 e. The number of alkyl halides is 1. The monoisotopic (exact) mass is 302 g/mol. The van der Waals surface area contributed by atoms with Crippen molar-refractivity contribution in [3.8, 4) is 0 Å². The molecule has 0 aromatic heterocycles. The van der Waals surface area contributed by atoms with Gasteiger partial charge in [0.05, 0.1) is 4.92 Å². The van der Waals surface area contributed by atoms with E-state index >= 15 is 0 Å². The molecule has 1 aliphatic carbocycles. The molecule has 5 nitrogen and oxygen atoms in total. The number of carbonyl (C=O) groups excluding carboxylic acids is 1. The van der Waals surface area contributed by atoms with E-state index in [-0.39, 0.29) is 23.2 Å². The van der Waals surface area contributed by atoms with E-state index in [1.165, 1.54) is 18.2 Å². The number of nitro benzene ring substituents is 1. The third kappa shape index (κ3) is 3.16. The minimum absolute atomic E-state index is 0.0227. The Bertz CT molecular complexity index is 518. The third-order valence-electron chi connectivity index (χ3n) is 2.96. The zero-order valence-corrected chi connectivity index (χ0v) is 11.5. The molecule has 1 amide bonds. The largest absolute Gasteiger partial charge is 0.334 e. The lowest BCUT2D eigenvalue weighted by atomic mass is 10.1. The molecule has 0 saturated heterocycles. The van der Waals surface area contributed by atoms with Gasteiger partial charge in [0.1, 0.15) is 5.56 Å². The maximum absolute atomic E-state index is 12.4. The molecule has 1 aromatic carbocycles. The van der Waals surface area contributed by atoms with Gasteiger partial charge in [-0.25, -0.2) is 0 Å². The summed E-state index contributed by atoms with van der Waals surface area (Å²) in [6.45, 7) is 0.384. The van der Waals surface area contributed by atoms with Crippen LogP contribution in [0.25, 0.3) is 0 Å². The van der Waals surface area contributed by atoms with Crippen molar-refractivity contribution in [2.75, 3.05) is 12.4 Å². The van der Waals surface area contributed by atoms with Crippen LogP contribution in [0.4, 0.5) is 5.69 Å². The first-order chi connectivity index (χ1) is 9.04. The zero-order valence-electron chi connectivity index (χ0n) is 10.0. The molecular formula is C12H12Cl2N2O3. The van der Waals surface area contributed by atoms with Crippen LogP contribution >= 0.6 is 23.2 Å². The summed E-state index contributed by atoms with van der Waals surface area (Å²) >= 11 is 11.5. The first-order valence-electron chi connectivity index (χ1n) is 5.85. The SMILES string of the molecule is O=C(c1cc(Cl)ccc1[N+](=O)[O-])N(CCCl)C1CC1. The van der Waals surface area contributed by atoms with Crippen LogP contribution < -0.4 is 0 Å². The minimum atomic E-state index is -0.574. The van der Waals surface area contributed by atoms with Gasteiger partial charge in [0.15, 0.2) is 0 Å². The minimum Gasteiger partial charge on any atom is -0.334 e. The van der Waals surface area contributed by atoms with E-state index in [9.17, 15) is 14.9 Å². The second kappa shape index (κ2) is 5.75. The Kier molecular flexibility index (Phi) is 4.27. The van der Waals surface area contributed by atoms with Crippen molar-refractivity contribution in [2.24, 2.45) is 0 Å². The van der Waals surface area contributed by atoms with Crippen molar-refractivity contribution in [3.63, 3.8) is 0 Å². The van der Waals surface area contributed by atoms with Crippen molar-refractivity contribution < 1.29 is 9.72 Å². The molecule has 7 heteroatoms. The normalized spacial score (nSPS) is 14.2. The van der Waals surface area contributed by atoms with E-state index in [0.29, 0.717) is 17.4 Å². The third-order valence-corrected chi connectivity index (χ3v) is 3.36. The van der Waals surface area contributed by atoms with E-state index in [1.54, 1.807) is 4.90 Å². The average Bonchev–Trinajstić information content (AvgIpc) is 3.19. The smallest absolute Gasteiger partial charge is 0.282 e. The van der Waals surface area contributed by atoms with Crippen molar-refractivity contribution in [1.82, 2.24) is 4.90 Å². The molecule has 0 bridgehead atoms.